The average Bonchev–Trinajstić information content (AvgIpc) is 2.69. The van der Waals surface area contributed by atoms with Gasteiger partial charge >= 0.3 is 6.18 Å². The fourth-order valence-electron chi connectivity index (χ4n) is 2.16. The van der Waals surface area contributed by atoms with Crippen molar-refractivity contribution in [3.8, 4) is 0 Å². The summed E-state index contributed by atoms with van der Waals surface area (Å²) in [5.41, 5.74) is -0.252. The molecule has 21 heavy (non-hydrogen) atoms. The molecule has 0 amide bonds. The average molecular weight is 298 g/mol. The predicted octanol–water partition coefficient (Wildman–Crippen LogP) is 3.43. The minimum Gasteiger partial charge on any atom is -0.384 e. The van der Waals surface area contributed by atoms with Gasteiger partial charge < -0.3 is 9.67 Å². The molecule has 0 aliphatic heterocycles. The molecule has 1 heterocycles. The summed E-state index contributed by atoms with van der Waals surface area (Å²) in [6, 6.07) is 4.78. The summed E-state index contributed by atoms with van der Waals surface area (Å²) in [4.78, 5) is 4.12. The molecular weight excluding hydrogens is 281 g/mol. The zero-order chi connectivity index (χ0) is 15.8. The van der Waals surface area contributed by atoms with Gasteiger partial charge in [0.2, 0.25) is 0 Å². The van der Waals surface area contributed by atoms with E-state index in [0.717, 1.165) is 23.5 Å². The van der Waals surface area contributed by atoms with Gasteiger partial charge in [-0.25, -0.2) is 4.98 Å². The first-order chi connectivity index (χ1) is 9.61. The molecule has 0 fully saturated rings. The van der Waals surface area contributed by atoms with Crippen LogP contribution in [0.15, 0.2) is 30.6 Å². The Morgan fingerprint density at radius 1 is 1.19 bits per heavy atom. The number of aryl methyl sites for hydroxylation is 1. The maximum absolute atomic E-state index is 12.8. The van der Waals surface area contributed by atoms with Gasteiger partial charge in [0.25, 0.3) is 0 Å². The highest BCUT2D eigenvalue weighted by atomic mass is 19.4. The van der Waals surface area contributed by atoms with Gasteiger partial charge in [-0.3, -0.25) is 0 Å². The lowest BCUT2D eigenvalue weighted by Gasteiger charge is -2.26. The first-order valence-electron chi connectivity index (χ1n) is 6.50. The molecule has 0 saturated carbocycles. The van der Waals surface area contributed by atoms with Gasteiger partial charge in [-0.05, 0) is 38.5 Å². The molecule has 0 bridgehead atoms. The summed E-state index contributed by atoms with van der Waals surface area (Å²) in [6.45, 7) is 5.33. The first kappa shape index (κ1) is 15.6. The maximum atomic E-state index is 12.8. The van der Waals surface area contributed by atoms with Crippen molar-refractivity contribution < 1.29 is 18.3 Å². The fraction of sp³-hybridized carbons (Fsp3) is 0.400. The van der Waals surface area contributed by atoms with E-state index in [2.05, 4.69) is 4.98 Å². The Hall–Kier alpha value is -1.82. The van der Waals surface area contributed by atoms with Crippen LogP contribution in [0.5, 0.6) is 0 Å². The van der Waals surface area contributed by atoms with Crippen molar-refractivity contribution in [3.05, 3.63) is 53.1 Å². The van der Waals surface area contributed by atoms with Gasteiger partial charge in [-0.1, -0.05) is 12.1 Å². The Morgan fingerprint density at radius 3 is 2.33 bits per heavy atom. The standard InChI is InChI=1S/C15H17F3N2O/c1-10-11(2)20(9-19-10)8-14(3,21)12-5-4-6-13(7-12)15(16,17)18/h4-7,9,21H,8H2,1-3H3. The molecule has 1 unspecified atom stereocenters. The van der Waals surface area contributed by atoms with Crippen LogP contribution in [0.3, 0.4) is 0 Å². The SMILES string of the molecule is Cc1ncn(CC(C)(O)c2cccc(C(F)(F)F)c2)c1C. The number of rotatable bonds is 3. The van der Waals surface area contributed by atoms with Crippen molar-refractivity contribution in [3.63, 3.8) is 0 Å². The summed E-state index contributed by atoms with van der Waals surface area (Å²) in [7, 11) is 0. The molecule has 0 radical (unpaired) electrons. The largest absolute Gasteiger partial charge is 0.416 e. The van der Waals surface area contributed by atoms with Crippen LogP contribution in [0.2, 0.25) is 0 Å². The number of hydrogen-bond acceptors (Lipinski definition) is 2. The third-order valence-electron chi connectivity index (χ3n) is 3.64. The Labute approximate surface area is 121 Å². The number of aliphatic hydroxyl groups is 1. The zero-order valence-corrected chi connectivity index (χ0v) is 12.1. The van der Waals surface area contributed by atoms with Gasteiger partial charge in [0.1, 0.15) is 5.60 Å². The molecule has 2 rings (SSSR count). The molecule has 6 heteroatoms. The van der Waals surface area contributed by atoms with Crippen LogP contribution in [0.4, 0.5) is 13.2 Å². The number of hydrogen-bond donors (Lipinski definition) is 1. The van der Waals surface area contributed by atoms with Gasteiger partial charge in [0, 0.05) is 5.69 Å². The van der Waals surface area contributed by atoms with E-state index in [4.69, 9.17) is 0 Å². The van der Waals surface area contributed by atoms with E-state index in [1.165, 1.54) is 19.1 Å². The molecule has 0 spiro atoms. The fourth-order valence-corrected chi connectivity index (χ4v) is 2.16. The lowest BCUT2D eigenvalue weighted by molar-refractivity contribution is -0.137. The van der Waals surface area contributed by atoms with E-state index in [1.807, 2.05) is 13.8 Å². The van der Waals surface area contributed by atoms with E-state index < -0.39 is 17.3 Å². The number of benzene rings is 1. The molecule has 114 valence electrons. The molecule has 0 aliphatic carbocycles. The van der Waals surface area contributed by atoms with Crippen molar-refractivity contribution in [2.24, 2.45) is 0 Å². The van der Waals surface area contributed by atoms with Gasteiger partial charge in [0.05, 0.1) is 24.1 Å². The number of alkyl halides is 3. The molecule has 1 atom stereocenters. The summed E-state index contributed by atoms with van der Waals surface area (Å²) < 4.78 is 40.0. The Balaban J connectivity index is 2.33. The molecule has 0 saturated heterocycles. The second-order valence-electron chi connectivity index (χ2n) is 5.40. The number of imidazole rings is 1. The molecule has 2 aromatic rings. The molecule has 0 aliphatic rings. The maximum Gasteiger partial charge on any atom is 0.416 e. The van der Waals surface area contributed by atoms with Crippen molar-refractivity contribution >= 4 is 0 Å². The second-order valence-corrected chi connectivity index (χ2v) is 5.40. The highest BCUT2D eigenvalue weighted by molar-refractivity contribution is 5.29. The molecular formula is C15H17F3N2O. The lowest BCUT2D eigenvalue weighted by Crippen LogP contribution is -2.28. The lowest BCUT2D eigenvalue weighted by atomic mass is 9.94. The van der Waals surface area contributed by atoms with Crippen LogP contribution in [0.25, 0.3) is 0 Å². The molecule has 1 N–H and O–H groups in total. The first-order valence-corrected chi connectivity index (χ1v) is 6.50. The van der Waals surface area contributed by atoms with Crippen LogP contribution < -0.4 is 0 Å². The highest BCUT2D eigenvalue weighted by Gasteiger charge is 2.33. The number of aromatic nitrogens is 2. The van der Waals surface area contributed by atoms with Crippen molar-refractivity contribution in [2.45, 2.75) is 39.1 Å². The minimum atomic E-state index is -4.42. The second kappa shape index (κ2) is 5.18. The smallest absolute Gasteiger partial charge is 0.384 e. The topological polar surface area (TPSA) is 38.0 Å². The third-order valence-corrected chi connectivity index (χ3v) is 3.64. The van der Waals surface area contributed by atoms with Crippen molar-refractivity contribution in [1.82, 2.24) is 9.55 Å². The van der Waals surface area contributed by atoms with Crippen LogP contribution in [-0.4, -0.2) is 14.7 Å². The summed E-state index contributed by atoms with van der Waals surface area (Å²) in [5, 5.41) is 10.5. The minimum absolute atomic E-state index is 0.140. The van der Waals surface area contributed by atoms with Crippen LogP contribution in [-0.2, 0) is 18.3 Å². The predicted molar refractivity (Wildman–Crippen MR) is 72.7 cm³/mol. The Morgan fingerprint density at radius 2 is 1.81 bits per heavy atom. The van der Waals surface area contributed by atoms with E-state index >= 15 is 0 Å². The Bertz CT molecular complexity index is 645. The summed E-state index contributed by atoms with van der Waals surface area (Å²) >= 11 is 0. The van der Waals surface area contributed by atoms with E-state index in [9.17, 15) is 18.3 Å². The molecule has 1 aromatic carbocycles. The highest BCUT2D eigenvalue weighted by Crippen LogP contribution is 2.32. The van der Waals surface area contributed by atoms with Gasteiger partial charge in [-0.2, -0.15) is 13.2 Å². The normalized spacial score (nSPS) is 15.0. The zero-order valence-electron chi connectivity index (χ0n) is 12.1. The van der Waals surface area contributed by atoms with Crippen LogP contribution >= 0.6 is 0 Å². The number of nitrogens with zero attached hydrogens (tertiary/aromatic N) is 2. The molecule has 3 nitrogen and oxygen atoms in total. The van der Waals surface area contributed by atoms with Crippen LogP contribution in [0, 0.1) is 13.8 Å². The Kier molecular flexibility index (Phi) is 3.84. The number of halogens is 3. The van der Waals surface area contributed by atoms with Crippen molar-refractivity contribution in [2.75, 3.05) is 0 Å². The quantitative estimate of drug-likeness (QED) is 0.942. The van der Waals surface area contributed by atoms with Gasteiger partial charge in [0.15, 0.2) is 0 Å². The molecule has 1 aromatic heterocycles. The van der Waals surface area contributed by atoms with E-state index in [1.54, 1.807) is 10.9 Å². The van der Waals surface area contributed by atoms with Crippen LogP contribution in [0.1, 0.15) is 29.4 Å². The summed E-state index contributed by atoms with van der Waals surface area (Å²) in [5.74, 6) is 0. The summed E-state index contributed by atoms with van der Waals surface area (Å²) in [6.07, 6.45) is -2.85. The monoisotopic (exact) mass is 298 g/mol. The van der Waals surface area contributed by atoms with E-state index in [0.29, 0.717) is 0 Å². The van der Waals surface area contributed by atoms with Gasteiger partial charge in [-0.15, -0.1) is 0 Å². The third kappa shape index (κ3) is 3.26. The van der Waals surface area contributed by atoms with E-state index in [-0.39, 0.29) is 12.1 Å². The van der Waals surface area contributed by atoms with Crippen molar-refractivity contribution in [1.29, 1.82) is 0 Å².